The number of pyridine rings is 1. The maximum Gasteiger partial charge on any atom is 0.269 e. The van der Waals surface area contributed by atoms with Crippen molar-refractivity contribution in [2.45, 2.75) is 13.0 Å². The summed E-state index contributed by atoms with van der Waals surface area (Å²) in [5, 5.41) is 17.5. The van der Waals surface area contributed by atoms with Crippen LogP contribution in [0.25, 0.3) is 0 Å². The third kappa shape index (κ3) is 7.41. The van der Waals surface area contributed by atoms with Gasteiger partial charge in [0.1, 0.15) is 0 Å². The molecule has 2 heterocycles. The molecule has 160 valence electrons. The molecule has 3 rings (SSSR count). The van der Waals surface area contributed by atoms with Gasteiger partial charge in [0.05, 0.1) is 24.7 Å². The summed E-state index contributed by atoms with van der Waals surface area (Å²) in [5.74, 6) is 0.720. The third-order valence-electron chi connectivity index (χ3n) is 4.79. The Hall–Kier alpha value is -3.04. The highest BCUT2D eigenvalue weighted by Crippen LogP contribution is 2.12. The van der Waals surface area contributed by atoms with Crippen LogP contribution in [0.1, 0.15) is 11.3 Å². The molecule has 1 aliphatic rings. The molecule has 9 nitrogen and oxygen atoms in total. The largest absolute Gasteiger partial charge is 0.379 e. The van der Waals surface area contributed by atoms with Gasteiger partial charge in [-0.25, -0.2) is 4.99 Å². The number of nitrogens with one attached hydrogen (secondary N) is 2. The lowest BCUT2D eigenvalue weighted by Crippen LogP contribution is -2.44. The Morgan fingerprint density at radius 3 is 2.60 bits per heavy atom. The molecule has 9 heteroatoms. The van der Waals surface area contributed by atoms with Gasteiger partial charge in [-0.1, -0.05) is 18.2 Å². The van der Waals surface area contributed by atoms with Crippen molar-refractivity contribution in [3.8, 4) is 0 Å². The van der Waals surface area contributed by atoms with E-state index in [0.29, 0.717) is 13.1 Å². The van der Waals surface area contributed by atoms with Crippen molar-refractivity contribution in [3.63, 3.8) is 0 Å². The molecule has 1 aromatic heterocycles. The Morgan fingerprint density at radius 1 is 1.13 bits per heavy atom. The molecule has 0 saturated carbocycles. The van der Waals surface area contributed by atoms with Gasteiger partial charge in [0.2, 0.25) is 0 Å². The standard InChI is InChI=1S/C21H28N6O3/c28-27(29)20-6-4-18(5-7-20)17-25-21(23-10-8-19-3-1-2-9-22-19)24-11-12-26-13-15-30-16-14-26/h1-7,9H,8,10-17H2,(H2,23,24,25). The van der Waals surface area contributed by atoms with E-state index in [0.717, 1.165) is 63.0 Å². The molecule has 0 aliphatic carbocycles. The predicted molar refractivity (Wildman–Crippen MR) is 115 cm³/mol. The molecule has 30 heavy (non-hydrogen) atoms. The molecule has 1 saturated heterocycles. The van der Waals surface area contributed by atoms with E-state index in [9.17, 15) is 10.1 Å². The second kappa shape index (κ2) is 11.8. The Bertz CT molecular complexity index is 807. The fourth-order valence-corrected chi connectivity index (χ4v) is 3.08. The SMILES string of the molecule is O=[N+]([O-])c1ccc(CN=C(NCCc2ccccn2)NCCN2CCOCC2)cc1. The van der Waals surface area contributed by atoms with Crippen molar-refractivity contribution in [3.05, 3.63) is 70.0 Å². The summed E-state index contributed by atoms with van der Waals surface area (Å²) in [6.07, 6.45) is 2.59. The number of aliphatic imine (C=N–C) groups is 1. The van der Waals surface area contributed by atoms with Crippen LogP contribution in [0, 0.1) is 10.1 Å². The van der Waals surface area contributed by atoms with Gasteiger partial charge in [-0.2, -0.15) is 0 Å². The summed E-state index contributed by atoms with van der Waals surface area (Å²) in [5.41, 5.74) is 2.02. The van der Waals surface area contributed by atoms with Crippen molar-refractivity contribution in [2.75, 3.05) is 45.9 Å². The fraction of sp³-hybridized carbons (Fsp3) is 0.429. The topological polar surface area (TPSA) is 105 Å². The lowest BCUT2D eigenvalue weighted by atomic mass is 10.2. The minimum atomic E-state index is -0.398. The van der Waals surface area contributed by atoms with Gasteiger partial charge in [0.15, 0.2) is 5.96 Å². The Morgan fingerprint density at radius 2 is 1.90 bits per heavy atom. The lowest BCUT2D eigenvalue weighted by Gasteiger charge is -2.26. The minimum Gasteiger partial charge on any atom is -0.379 e. The number of non-ortho nitro benzene ring substituents is 1. The van der Waals surface area contributed by atoms with Crippen molar-refractivity contribution in [1.29, 1.82) is 0 Å². The summed E-state index contributed by atoms with van der Waals surface area (Å²) in [6.45, 7) is 6.30. The van der Waals surface area contributed by atoms with Crippen molar-refractivity contribution in [1.82, 2.24) is 20.5 Å². The smallest absolute Gasteiger partial charge is 0.269 e. The number of nitro benzene ring substituents is 1. The van der Waals surface area contributed by atoms with E-state index in [-0.39, 0.29) is 5.69 Å². The van der Waals surface area contributed by atoms with E-state index in [2.05, 4.69) is 25.5 Å². The molecule has 1 aromatic carbocycles. The van der Waals surface area contributed by atoms with Crippen LogP contribution in [0.5, 0.6) is 0 Å². The van der Waals surface area contributed by atoms with E-state index >= 15 is 0 Å². The Balaban J connectivity index is 1.53. The summed E-state index contributed by atoms with van der Waals surface area (Å²) < 4.78 is 5.39. The monoisotopic (exact) mass is 412 g/mol. The quantitative estimate of drug-likeness (QED) is 0.279. The van der Waals surface area contributed by atoms with Crippen LogP contribution in [0.2, 0.25) is 0 Å². The number of nitro groups is 1. The molecule has 0 unspecified atom stereocenters. The lowest BCUT2D eigenvalue weighted by molar-refractivity contribution is -0.384. The average molecular weight is 412 g/mol. The summed E-state index contributed by atoms with van der Waals surface area (Å²) in [7, 11) is 0. The summed E-state index contributed by atoms with van der Waals surface area (Å²) in [6, 6.07) is 12.4. The van der Waals surface area contributed by atoms with Crippen LogP contribution < -0.4 is 10.6 Å². The van der Waals surface area contributed by atoms with Gasteiger partial charge in [-0.15, -0.1) is 0 Å². The zero-order valence-corrected chi connectivity index (χ0v) is 17.0. The summed E-state index contributed by atoms with van der Waals surface area (Å²) >= 11 is 0. The number of aromatic nitrogens is 1. The molecule has 0 spiro atoms. The molecule has 0 radical (unpaired) electrons. The zero-order chi connectivity index (χ0) is 21.0. The van der Waals surface area contributed by atoms with E-state index in [4.69, 9.17) is 4.74 Å². The summed E-state index contributed by atoms with van der Waals surface area (Å²) in [4.78, 5) is 21.7. The Kier molecular flexibility index (Phi) is 8.55. The number of hydrogen-bond donors (Lipinski definition) is 2. The first-order valence-electron chi connectivity index (χ1n) is 10.2. The van der Waals surface area contributed by atoms with Gasteiger partial charge in [0, 0.05) is 63.2 Å². The zero-order valence-electron chi connectivity index (χ0n) is 17.0. The first-order valence-corrected chi connectivity index (χ1v) is 10.2. The van der Waals surface area contributed by atoms with Crippen molar-refractivity contribution >= 4 is 11.6 Å². The van der Waals surface area contributed by atoms with Gasteiger partial charge in [-0.05, 0) is 17.7 Å². The number of rotatable bonds is 9. The molecule has 2 aromatic rings. The number of nitrogens with zero attached hydrogens (tertiary/aromatic N) is 4. The molecule has 1 fully saturated rings. The highest BCUT2D eigenvalue weighted by molar-refractivity contribution is 5.79. The van der Waals surface area contributed by atoms with E-state index in [1.54, 1.807) is 18.3 Å². The molecular weight excluding hydrogens is 384 g/mol. The molecule has 0 bridgehead atoms. The number of ether oxygens (including phenoxy) is 1. The van der Waals surface area contributed by atoms with Crippen LogP contribution in [-0.4, -0.2) is 66.7 Å². The fourth-order valence-electron chi connectivity index (χ4n) is 3.08. The van der Waals surface area contributed by atoms with Crippen molar-refractivity contribution < 1.29 is 9.66 Å². The van der Waals surface area contributed by atoms with Crippen LogP contribution in [0.15, 0.2) is 53.7 Å². The van der Waals surface area contributed by atoms with Gasteiger partial charge in [-0.3, -0.25) is 20.0 Å². The number of hydrogen-bond acceptors (Lipinski definition) is 6. The van der Waals surface area contributed by atoms with Gasteiger partial charge < -0.3 is 15.4 Å². The molecule has 0 atom stereocenters. The highest BCUT2D eigenvalue weighted by atomic mass is 16.6. The molecule has 0 amide bonds. The first-order chi connectivity index (χ1) is 14.7. The minimum absolute atomic E-state index is 0.0834. The second-order valence-corrected chi connectivity index (χ2v) is 6.97. The van der Waals surface area contributed by atoms with Crippen LogP contribution in [-0.2, 0) is 17.7 Å². The van der Waals surface area contributed by atoms with E-state index in [1.165, 1.54) is 12.1 Å². The van der Waals surface area contributed by atoms with E-state index in [1.807, 2.05) is 18.2 Å². The average Bonchev–Trinajstić information content (AvgIpc) is 2.79. The van der Waals surface area contributed by atoms with Crippen molar-refractivity contribution in [2.24, 2.45) is 4.99 Å². The number of morpholine rings is 1. The predicted octanol–water partition coefficient (Wildman–Crippen LogP) is 1.60. The van der Waals surface area contributed by atoms with Crippen LogP contribution >= 0.6 is 0 Å². The maximum atomic E-state index is 10.8. The maximum absolute atomic E-state index is 10.8. The van der Waals surface area contributed by atoms with Crippen LogP contribution in [0.3, 0.4) is 0 Å². The van der Waals surface area contributed by atoms with Gasteiger partial charge in [0.25, 0.3) is 5.69 Å². The second-order valence-electron chi connectivity index (χ2n) is 6.97. The highest BCUT2D eigenvalue weighted by Gasteiger charge is 2.10. The molecule has 1 aliphatic heterocycles. The van der Waals surface area contributed by atoms with E-state index < -0.39 is 4.92 Å². The third-order valence-corrected chi connectivity index (χ3v) is 4.79. The van der Waals surface area contributed by atoms with Crippen LogP contribution in [0.4, 0.5) is 5.69 Å². The normalized spacial score (nSPS) is 15.0. The number of guanidine groups is 1. The Labute approximate surface area is 176 Å². The number of benzene rings is 1. The molecule has 2 N–H and O–H groups in total. The first kappa shape index (κ1) is 21.7. The van der Waals surface area contributed by atoms with Gasteiger partial charge >= 0.3 is 0 Å². The molecular formula is C21H28N6O3.